The second-order valence-electron chi connectivity index (χ2n) is 6.73. The van der Waals surface area contributed by atoms with Gasteiger partial charge in [-0.15, -0.1) is 0 Å². The average Bonchev–Trinajstić information content (AvgIpc) is 3.12. The highest BCUT2D eigenvalue weighted by Crippen LogP contribution is 2.15. The van der Waals surface area contributed by atoms with Crippen molar-refractivity contribution in [2.75, 3.05) is 13.1 Å². The molecule has 2 heterocycles. The molecule has 8 heteroatoms. The number of aryl methyl sites for hydroxylation is 2. The summed E-state index contributed by atoms with van der Waals surface area (Å²) in [5.74, 6) is 0.913. The Kier molecular flexibility index (Phi) is 5.73. The molecule has 8 nitrogen and oxygen atoms in total. The van der Waals surface area contributed by atoms with Crippen molar-refractivity contribution < 1.29 is 14.1 Å². The van der Waals surface area contributed by atoms with E-state index in [1.807, 2.05) is 32.0 Å². The van der Waals surface area contributed by atoms with Crippen molar-refractivity contribution in [3.05, 3.63) is 47.1 Å². The van der Waals surface area contributed by atoms with E-state index < -0.39 is 6.04 Å². The van der Waals surface area contributed by atoms with Crippen LogP contribution in [0.1, 0.15) is 36.7 Å². The third kappa shape index (κ3) is 4.45. The summed E-state index contributed by atoms with van der Waals surface area (Å²) in [5.41, 5.74) is 2.26. The Balaban J connectivity index is 1.56. The minimum atomic E-state index is -0.514. The number of benzene rings is 1. The van der Waals surface area contributed by atoms with Crippen molar-refractivity contribution in [3.8, 4) is 0 Å². The molecule has 0 saturated carbocycles. The summed E-state index contributed by atoms with van der Waals surface area (Å²) in [7, 11) is 0. The molecule has 144 valence electrons. The maximum atomic E-state index is 12.7. The van der Waals surface area contributed by atoms with Gasteiger partial charge in [0.25, 0.3) is 0 Å². The number of rotatable bonds is 5. The number of aromatic nitrogens is 2. The van der Waals surface area contributed by atoms with Crippen LogP contribution in [-0.2, 0) is 24.3 Å². The number of nitrogens with one attached hydrogen (secondary N) is 1. The van der Waals surface area contributed by atoms with Crippen molar-refractivity contribution in [1.29, 1.82) is 0 Å². The van der Waals surface area contributed by atoms with Crippen LogP contribution in [0.3, 0.4) is 0 Å². The second kappa shape index (κ2) is 8.20. The number of hydrogen-bond donors (Lipinski definition) is 1. The lowest BCUT2D eigenvalue weighted by Crippen LogP contribution is -2.59. The molecule has 0 bridgehead atoms. The highest BCUT2D eigenvalue weighted by molar-refractivity contribution is 5.88. The predicted molar refractivity (Wildman–Crippen MR) is 98.7 cm³/mol. The molecule has 1 fully saturated rings. The fourth-order valence-corrected chi connectivity index (χ4v) is 3.16. The Labute approximate surface area is 158 Å². The third-order valence-electron chi connectivity index (χ3n) is 4.67. The van der Waals surface area contributed by atoms with Gasteiger partial charge in [0, 0.05) is 26.1 Å². The monoisotopic (exact) mass is 371 g/mol. The van der Waals surface area contributed by atoms with Gasteiger partial charge in [-0.2, -0.15) is 4.98 Å². The highest BCUT2D eigenvalue weighted by atomic mass is 16.5. The van der Waals surface area contributed by atoms with Gasteiger partial charge in [-0.25, -0.2) is 4.79 Å². The lowest BCUT2D eigenvalue weighted by atomic mass is 10.1. The van der Waals surface area contributed by atoms with Crippen LogP contribution in [0.4, 0.5) is 4.79 Å². The number of piperazine rings is 1. The minimum Gasteiger partial charge on any atom is -0.339 e. The first-order chi connectivity index (χ1) is 13.0. The van der Waals surface area contributed by atoms with Crippen LogP contribution in [0, 0.1) is 6.92 Å². The summed E-state index contributed by atoms with van der Waals surface area (Å²) in [4.78, 5) is 32.7. The summed E-state index contributed by atoms with van der Waals surface area (Å²) in [5, 5.41) is 6.57. The van der Waals surface area contributed by atoms with Crippen LogP contribution in [0.5, 0.6) is 0 Å². The minimum absolute atomic E-state index is 0.0502. The topological polar surface area (TPSA) is 91.6 Å². The second-order valence-corrected chi connectivity index (χ2v) is 6.73. The van der Waals surface area contributed by atoms with E-state index in [4.69, 9.17) is 4.52 Å². The van der Waals surface area contributed by atoms with Crippen molar-refractivity contribution in [3.63, 3.8) is 0 Å². The van der Waals surface area contributed by atoms with Crippen LogP contribution >= 0.6 is 0 Å². The number of amides is 3. The predicted octanol–water partition coefficient (Wildman–Crippen LogP) is 1.88. The van der Waals surface area contributed by atoms with Gasteiger partial charge in [0.15, 0.2) is 5.82 Å². The Morgan fingerprint density at radius 1 is 1.37 bits per heavy atom. The van der Waals surface area contributed by atoms with E-state index >= 15 is 0 Å². The molecule has 3 rings (SSSR count). The Hall–Kier alpha value is -2.90. The smallest absolute Gasteiger partial charge is 0.318 e. The molecule has 1 aliphatic rings. The third-order valence-corrected chi connectivity index (χ3v) is 4.67. The van der Waals surface area contributed by atoms with Crippen LogP contribution in [0.2, 0.25) is 0 Å². The first-order valence-electron chi connectivity index (χ1n) is 9.18. The normalized spacial score (nSPS) is 17.3. The molecule has 0 aliphatic carbocycles. The van der Waals surface area contributed by atoms with Crippen molar-refractivity contribution in [1.82, 2.24) is 25.3 Å². The molecule has 0 unspecified atom stereocenters. The van der Waals surface area contributed by atoms with E-state index in [9.17, 15) is 9.59 Å². The molecule has 1 aromatic heterocycles. The summed E-state index contributed by atoms with van der Waals surface area (Å²) < 4.78 is 5.02. The van der Waals surface area contributed by atoms with Gasteiger partial charge >= 0.3 is 6.03 Å². The van der Waals surface area contributed by atoms with Crippen molar-refractivity contribution in [2.24, 2.45) is 0 Å². The standard InChI is InChI=1S/C19H25N5O3/c1-4-17-21-16(22-27-17)11-20-19(26)24-9-8-23(18(25)14(24)3)12-15-7-5-6-13(2)10-15/h5-7,10,14H,4,8-9,11-12H2,1-3H3,(H,20,26)/t14-/m0/s1. The quantitative estimate of drug-likeness (QED) is 0.866. The molecule has 1 aromatic carbocycles. The number of carbonyl (C=O) groups excluding carboxylic acids is 2. The molecule has 1 aliphatic heterocycles. The Morgan fingerprint density at radius 3 is 2.89 bits per heavy atom. The first kappa shape index (κ1) is 18.9. The van der Waals surface area contributed by atoms with E-state index in [1.165, 1.54) is 5.56 Å². The average molecular weight is 371 g/mol. The van der Waals surface area contributed by atoms with Crippen molar-refractivity contribution in [2.45, 2.75) is 46.3 Å². The Morgan fingerprint density at radius 2 is 2.19 bits per heavy atom. The Bertz CT molecular complexity index is 819. The molecule has 0 radical (unpaired) electrons. The van der Waals surface area contributed by atoms with Gasteiger partial charge in [0.2, 0.25) is 11.8 Å². The lowest BCUT2D eigenvalue weighted by Gasteiger charge is -2.39. The zero-order chi connectivity index (χ0) is 19.4. The van der Waals surface area contributed by atoms with Gasteiger partial charge in [-0.3, -0.25) is 4.79 Å². The van der Waals surface area contributed by atoms with Crippen LogP contribution < -0.4 is 5.32 Å². The molecule has 1 N–H and O–H groups in total. The van der Waals surface area contributed by atoms with E-state index in [0.29, 0.717) is 37.8 Å². The molecular formula is C19H25N5O3. The first-order valence-corrected chi connectivity index (χ1v) is 9.18. The van der Waals surface area contributed by atoms with Crippen LogP contribution in [0.15, 0.2) is 28.8 Å². The number of urea groups is 1. The summed E-state index contributed by atoms with van der Waals surface area (Å²) >= 11 is 0. The maximum Gasteiger partial charge on any atom is 0.318 e. The molecule has 27 heavy (non-hydrogen) atoms. The molecule has 0 spiro atoms. The van der Waals surface area contributed by atoms with E-state index in [1.54, 1.807) is 16.7 Å². The fraction of sp³-hybridized carbons (Fsp3) is 0.474. The molecular weight excluding hydrogens is 346 g/mol. The van der Waals surface area contributed by atoms with Gasteiger partial charge < -0.3 is 19.6 Å². The van der Waals surface area contributed by atoms with Crippen LogP contribution in [-0.4, -0.2) is 51.0 Å². The fourth-order valence-electron chi connectivity index (χ4n) is 3.16. The number of carbonyl (C=O) groups is 2. The van der Waals surface area contributed by atoms with Gasteiger partial charge in [-0.05, 0) is 19.4 Å². The SMILES string of the molecule is CCc1nc(CNC(=O)N2CCN(Cc3cccc(C)c3)C(=O)[C@@H]2C)no1. The van der Waals surface area contributed by atoms with Gasteiger partial charge in [0.1, 0.15) is 6.04 Å². The maximum absolute atomic E-state index is 12.7. The van der Waals surface area contributed by atoms with Crippen molar-refractivity contribution >= 4 is 11.9 Å². The molecule has 2 aromatic rings. The highest BCUT2D eigenvalue weighted by Gasteiger charge is 2.34. The van der Waals surface area contributed by atoms with Gasteiger partial charge in [-0.1, -0.05) is 41.9 Å². The summed E-state index contributed by atoms with van der Waals surface area (Å²) in [6.07, 6.45) is 0.648. The number of hydrogen-bond acceptors (Lipinski definition) is 5. The zero-order valence-electron chi connectivity index (χ0n) is 15.9. The molecule has 1 atom stereocenters. The van der Waals surface area contributed by atoms with E-state index in [-0.39, 0.29) is 18.5 Å². The largest absolute Gasteiger partial charge is 0.339 e. The molecule has 1 saturated heterocycles. The number of nitrogens with zero attached hydrogens (tertiary/aromatic N) is 4. The molecule has 3 amide bonds. The summed E-state index contributed by atoms with van der Waals surface area (Å²) in [6.45, 7) is 7.43. The lowest BCUT2D eigenvalue weighted by molar-refractivity contribution is -0.139. The van der Waals surface area contributed by atoms with Crippen LogP contribution in [0.25, 0.3) is 0 Å². The zero-order valence-corrected chi connectivity index (χ0v) is 15.9. The van der Waals surface area contributed by atoms with Gasteiger partial charge in [0.05, 0.1) is 6.54 Å². The van der Waals surface area contributed by atoms with E-state index in [0.717, 1.165) is 5.56 Å². The summed E-state index contributed by atoms with van der Waals surface area (Å²) in [6, 6.07) is 7.30. The van der Waals surface area contributed by atoms with E-state index in [2.05, 4.69) is 21.5 Å².